The van der Waals surface area contributed by atoms with E-state index in [2.05, 4.69) is 0 Å². The number of hydrogen-bond donors (Lipinski definition) is 0. The van der Waals surface area contributed by atoms with E-state index < -0.39 is 0 Å². The van der Waals surface area contributed by atoms with Crippen molar-refractivity contribution in [3.8, 4) is 0 Å². The van der Waals surface area contributed by atoms with E-state index in [4.69, 9.17) is 4.74 Å². The molecule has 1 aliphatic rings. The van der Waals surface area contributed by atoms with E-state index in [9.17, 15) is 4.79 Å². The van der Waals surface area contributed by atoms with Crippen LogP contribution in [0.15, 0.2) is 30.3 Å². The molecule has 86 valence electrons. The summed E-state index contributed by atoms with van der Waals surface area (Å²) in [6, 6.07) is 10.1. The topological polar surface area (TPSA) is 26.3 Å². The summed E-state index contributed by atoms with van der Waals surface area (Å²) < 4.78 is 5.67. The summed E-state index contributed by atoms with van der Waals surface area (Å²) in [5.41, 5.74) is 0.982. The molecular weight excluding hydrogens is 200 g/mol. The summed E-state index contributed by atoms with van der Waals surface area (Å²) >= 11 is 0. The number of hydrogen-bond acceptors (Lipinski definition) is 2. The third-order valence-electron chi connectivity index (χ3n) is 3.35. The zero-order valence-corrected chi connectivity index (χ0v) is 9.52. The van der Waals surface area contributed by atoms with Gasteiger partial charge in [0.05, 0.1) is 13.2 Å². The molecule has 0 aliphatic heterocycles. The Morgan fingerprint density at radius 3 is 2.50 bits per heavy atom. The molecule has 0 bridgehead atoms. The monoisotopic (exact) mass is 218 g/mol. The minimum absolute atomic E-state index is 0.186. The summed E-state index contributed by atoms with van der Waals surface area (Å²) in [5.74, 6) is 0. The van der Waals surface area contributed by atoms with Crippen LogP contribution in [0.2, 0.25) is 0 Å². The van der Waals surface area contributed by atoms with Crippen LogP contribution in [0.1, 0.15) is 31.2 Å². The Morgan fingerprint density at radius 1 is 1.19 bits per heavy atom. The largest absolute Gasteiger partial charge is 0.376 e. The maximum Gasteiger partial charge on any atom is 0.128 e. The first kappa shape index (κ1) is 11.3. The van der Waals surface area contributed by atoms with Crippen molar-refractivity contribution in [2.24, 2.45) is 5.41 Å². The molecule has 0 heterocycles. The van der Waals surface area contributed by atoms with E-state index in [1.54, 1.807) is 0 Å². The molecular formula is C14H18O2. The first-order valence-corrected chi connectivity index (χ1v) is 5.93. The molecule has 1 aromatic carbocycles. The highest BCUT2D eigenvalue weighted by molar-refractivity contribution is 5.60. The SMILES string of the molecule is O=CC1(COCc2ccccc2)CCCC1. The van der Waals surface area contributed by atoms with E-state index in [1.807, 2.05) is 30.3 Å². The van der Waals surface area contributed by atoms with Gasteiger partial charge in [0, 0.05) is 5.41 Å². The molecule has 0 unspecified atom stereocenters. The second-order valence-corrected chi connectivity index (χ2v) is 4.67. The van der Waals surface area contributed by atoms with Crippen LogP contribution < -0.4 is 0 Å². The van der Waals surface area contributed by atoms with Crippen molar-refractivity contribution in [2.75, 3.05) is 6.61 Å². The maximum atomic E-state index is 11.1. The van der Waals surface area contributed by atoms with Crippen molar-refractivity contribution >= 4 is 6.29 Å². The molecule has 16 heavy (non-hydrogen) atoms. The van der Waals surface area contributed by atoms with Gasteiger partial charge >= 0.3 is 0 Å². The van der Waals surface area contributed by atoms with Gasteiger partial charge in [-0.05, 0) is 18.4 Å². The quantitative estimate of drug-likeness (QED) is 0.710. The van der Waals surface area contributed by atoms with Crippen molar-refractivity contribution in [3.05, 3.63) is 35.9 Å². The number of benzene rings is 1. The first-order valence-electron chi connectivity index (χ1n) is 5.93. The van der Waals surface area contributed by atoms with Gasteiger partial charge in [0.25, 0.3) is 0 Å². The summed E-state index contributed by atoms with van der Waals surface area (Å²) in [7, 11) is 0. The van der Waals surface area contributed by atoms with Gasteiger partial charge in [0.1, 0.15) is 6.29 Å². The molecule has 0 spiro atoms. The van der Waals surface area contributed by atoms with Gasteiger partial charge < -0.3 is 9.53 Å². The van der Waals surface area contributed by atoms with E-state index in [0.29, 0.717) is 13.2 Å². The Balaban J connectivity index is 1.81. The summed E-state index contributed by atoms with van der Waals surface area (Å²) in [6.45, 7) is 1.18. The van der Waals surface area contributed by atoms with Crippen molar-refractivity contribution in [3.63, 3.8) is 0 Å². The highest BCUT2D eigenvalue weighted by Gasteiger charge is 2.33. The van der Waals surface area contributed by atoms with Crippen LogP contribution in [0.3, 0.4) is 0 Å². The first-order chi connectivity index (χ1) is 7.85. The van der Waals surface area contributed by atoms with E-state index >= 15 is 0 Å². The molecule has 0 aromatic heterocycles. The van der Waals surface area contributed by atoms with Gasteiger partial charge in [-0.25, -0.2) is 0 Å². The van der Waals surface area contributed by atoms with E-state index in [1.165, 1.54) is 5.56 Å². The summed E-state index contributed by atoms with van der Waals surface area (Å²) in [4.78, 5) is 11.1. The molecule has 0 radical (unpaired) electrons. The van der Waals surface area contributed by atoms with E-state index in [-0.39, 0.29) is 5.41 Å². The minimum atomic E-state index is -0.186. The predicted molar refractivity (Wildman–Crippen MR) is 63.1 cm³/mol. The highest BCUT2D eigenvalue weighted by Crippen LogP contribution is 2.36. The Morgan fingerprint density at radius 2 is 1.88 bits per heavy atom. The number of carbonyl (C=O) groups excluding carboxylic acids is 1. The lowest BCUT2D eigenvalue weighted by molar-refractivity contribution is -0.119. The van der Waals surface area contributed by atoms with E-state index in [0.717, 1.165) is 32.0 Å². The molecule has 0 amide bonds. The Labute approximate surface area is 96.6 Å². The molecule has 2 nitrogen and oxygen atoms in total. The third-order valence-corrected chi connectivity index (χ3v) is 3.35. The fourth-order valence-electron chi connectivity index (χ4n) is 2.32. The zero-order valence-electron chi connectivity index (χ0n) is 9.52. The van der Waals surface area contributed by atoms with Crippen molar-refractivity contribution in [1.82, 2.24) is 0 Å². The second kappa shape index (κ2) is 5.26. The van der Waals surface area contributed by atoms with Gasteiger partial charge in [-0.15, -0.1) is 0 Å². The van der Waals surface area contributed by atoms with Crippen molar-refractivity contribution < 1.29 is 9.53 Å². The number of aldehydes is 1. The number of ether oxygens (including phenoxy) is 1. The number of carbonyl (C=O) groups is 1. The lowest BCUT2D eigenvalue weighted by Gasteiger charge is -2.21. The third kappa shape index (κ3) is 2.70. The molecule has 1 aliphatic carbocycles. The molecule has 1 aromatic rings. The van der Waals surface area contributed by atoms with Crippen molar-refractivity contribution in [1.29, 1.82) is 0 Å². The minimum Gasteiger partial charge on any atom is -0.376 e. The standard InChI is InChI=1S/C14H18O2/c15-11-14(8-4-5-9-14)12-16-10-13-6-2-1-3-7-13/h1-3,6-7,11H,4-5,8-10,12H2. The van der Waals surface area contributed by atoms with Gasteiger partial charge in [-0.1, -0.05) is 43.2 Å². The van der Waals surface area contributed by atoms with Crippen LogP contribution in [0, 0.1) is 5.41 Å². The van der Waals surface area contributed by atoms with Crippen LogP contribution in [0.4, 0.5) is 0 Å². The van der Waals surface area contributed by atoms with Crippen LogP contribution >= 0.6 is 0 Å². The maximum absolute atomic E-state index is 11.1. The van der Waals surface area contributed by atoms with Gasteiger partial charge in [0.2, 0.25) is 0 Å². The second-order valence-electron chi connectivity index (χ2n) is 4.67. The number of rotatable bonds is 5. The molecule has 0 N–H and O–H groups in total. The van der Waals surface area contributed by atoms with Crippen LogP contribution in [-0.2, 0) is 16.1 Å². The molecule has 1 saturated carbocycles. The fourth-order valence-corrected chi connectivity index (χ4v) is 2.32. The molecule has 0 atom stereocenters. The molecule has 1 fully saturated rings. The Bertz CT molecular complexity index is 326. The summed E-state index contributed by atoms with van der Waals surface area (Å²) in [5, 5.41) is 0. The normalized spacial score (nSPS) is 18.5. The molecule has 2 heteroatoms. The Hall–Kier alpha value is -1.15. The fraction of sp³-hybridized carbons (Fsp3) is 0.500. The lowest BCUT2D eigenvalue weighted by Crippen LogP contribution is -2.24. The average molecular weight is 218 g/mol. The average Bonchev–Trinajstić information content (AvgIpc) is 2.80. The van der Waals surface area contributed by atoms with Crippen molar-refractivity contribution in [2.45, 2.75) is 32.3 Å². The highest BCUT2D eigenvalue weighted by atomic mass is 16.5. The van der Waals surface area contributed by atoms with Gasteiger partial charge in [0.15, 0.2) is 0 Å². The van der Waals surface area contributed by atoms with Crippen LogP contribution in [-0.4, -0.2) is 12.9 Å². The Kier molecular flexibility index (Phi) is 3.73. The predicted octanol–water partition coefficient (Wildman–Crippen LogP) is 2.96. The van der Waals surface area contributed by atoms with Crippen LogP contribution in [0.5, 0.6) is 0 Å². The van der Waals surface area contributed by atoms with Gasteiger partial charge in [-0.2, -0.15) is 0 Å². The van der Waals surface area contributed by atoms with Gasteiger partial charge in [-0.3, -0.25) is 0 Å². The van der Waals surface area contributed by atoms with Crippen LogP contribution in [0.25, 0.3) is 0 Å². The smallest absolute Gasteiger partial charge is 0.128 e. The lowest BCUT2D eigenvalue weighted by atomic mass is 9.89. The zero-order chi connectivity index (χ0) is 11.3. The molecule has 2 rings (SSSR count). The molecule has 0 saturated heterocycles. The summed E-state index contributed by atoms with van der Waals surface area (Å²) in [6.07, 6.45) is 5.41.